The average Bonchev–Trinajstić information content (AvgIpc) is 2.01. The lowest BCUT2D eigenvalue weighted by atomic mass is 10.00. The van der Waals surface area contributed by atoms with E-state index >= 15 is 0 Å². The number of hydrogen-bond donors (Lipinski definition) is 0. The van der Waals surface area contributed by atoms with Crippen LogP contribution < -0.4 is 0 Å². The first-order chi connectivity index (χ1) is 5.16. The van der Waals surface area contributed by atoms with Crippen molar-refractivity contribution in [1.29, 1.82) is 0 Å². The molecule has 0 amide bonds. The van der Waals surface area contributed by atoms with Gasteiger partial charge in [-0.2, -0.15) is 0 Å². The van der Waals surface area contributed by atoms with Crippen LogP contribution in [0.2, 0.25) is 0 Å². The van der Waals surface area contributed by atoms with Crippen molar-refractivity contribution in [3.05, 3.63) is 34.4 Å². The second-order valence-corrected chi connectivity index (χ2v) is 3.19. The van der Waals surface area contributed by atoms with Crippen molar-refractivity contribution in [2.45, 2.75) is 26.7 Å². The molecule has 0 aliphatic rings. The summed E-state index contributed by atoms with van der Waals surface area (Å²) in [6.45, 7) is 6.39. The summed E-state index contributed by atoms with van der Waals surface area (Å²) in [5.74, 6) is 0.618. The Hall–Kier alpha value is -0.490. The Kier molecular flexibility index (Phi) is 2.56. The van der Waals surface area contributed by atoms with Crippen LogP contribution in [0.4, 0.5) is 0 Å². The Morgan fingerprint density at radius 2 is 1.73 bits per heavy atom. The molecule has 0 N–H and O–H groups in total. The van der Waals surface area contributed by atoms with Gasteiger partial charge in [-0.15, -0.1) is 11.6 Å². The van der Waals surface area contributed by atoms with Crippen molar-refractivity contribution in [3.8, 4) is 0 Å². The van der Waals surface area contributed by atoms with Crippen LogP contribution >= 0.6 is 11.6 Å². The molecule has 0 heterocycles. The van der Waals surface area contributed by atoms with Crippen LogP contribution in [0.1, 0.15) is 22.3 Å². The SMILES string of the molecule is Cc1ccc(CCl)c(C)c1C. The molecule has 0 aliphatic heterocycles. The van der Waals surface area contributed by atoms with Crippen molar-refractivity contribution >= 4 is 11.6 Å². The molecular weight excluding hydrogens is 156 g/mol. The highest BCUT2D eigenvalue weighted by atomic mass is 35.5. The molecular formula is C10H13Cl. The summed E-state index contributed by atoms with van der Waals surface area (Å²) in [7, 11) is 0. The minimum atomic E-state index is 0.618. The topological polar surface area (TPSA) is 0 Å². The first-order valence-electron chi connectivity index (χ1n) is 3.78. The van der Waals surface area contributed by atoms with Gasteiger partial charge in [-0.1, -0.05) is 12.1 Å². The molecule has 0 atom stereocenters. The van der Waals surface area contributed by atoms with Crippen molar-refractivity contribution in [2.24, 2.45) is 0 Å². The molecule has 0 nitrogen and oxygen atoms in total. The summed E-state index contributed by atoms with van der Waals surface area (Å²) >= 11 is 5.76. The summed E-state index contributed by atoms with van der Waals surface area (Å²) < 4.78 is 0. The van der Waals surface area contributed by atoms with Gasteiger partial charge in [0.1, 0.15) is 0 Å². The zero-order chi connectivity index (χ0) is 8.43. The van der Waals surface area contributed by atoms with Crippen LogP contribution in [0.25, 0.3) is 0 Å². The molecule has 1 heteroatoms. The van der Waals surface area contributed by atoms with Crippen molar-refractivity contribution in [1.82, 2.24) is 0 Å². The number of rotatable bonds is 1. The van der Waals surface area contributed by atoms with E-state index in [4.69, 9.17) is 11.6 Å². The Morgan fingerprint density at radius 1 is 1.09 bits per heavy atom. The van der Waals surface area contributed by atoms with E-state index in [0.717, 1.165) is 0 Å². The number of alkyl halides is 1. The molecule has 1 aromatic carbocycles. The van der Waals surface area contributed by atoms with Crippen molar-refractivity contribution < 1.29 is 0 Å². The summed E-state index contributed by atoms with van der Waals surface area (Å²) in [4.78, 5) is 0. The minimum absolute atomic E-state index is 0.618. The summed E-state index contributed by atoms with van der Waals surface area (Å²) in [5, 5.41) is 0. The van der Waals surface area contributed by atoms with Crippen molar-refractivity contribution in [3.63, 3.8) is 0 Å². The smallest absolute Gasteiger partial charge is 0.0476 e. The van der Waals surface area contributed by atoms with E-state index in [1.54, 1.807) is 0 Å². The van der Waals surface area contributed by atoms with Crippen LogP contribution in [0.5, 0.6) is 0 Å². The highest BCUT2D eigenvalue weighted by molar-refractivity contribution is 6.17. The molecule has 0 unspecified atom stereocenters. The lowest BCUT2D eigenvalue weighted by Gasteiger charge is -2.07. The van der Waals surface area contributed by atoms with E-state index < -0.39 is 0 Å². The molecule has 0 spiro atoms. The van der Waals surface area contributed by atoms with E-state index in [2.05, 4.69) is 32.9 Å². The zero-order valence-electron chi connectivity index (χ0n) is 7.24. The van der Waals surface area contributed by atoms with E-state index in [0.29, 0.717) is 5.88 Å². The lowest BCUT2D eigenvalue weighted by Crippen LogP contribution is -1.91. The van der Waals surface area contributed by atoms with Gasteiger partial charge < -0.3 is 0 Å². The van der Waals surface area contributed by atoms with Crippen LogP contribution in [-0.2, 0) is 5.88 Å². The normalized spacial score (nSPS) is 10.2. The van der Waals surface area contributed by atoms with Gasteiger partial charge in [-0.25, -0.2) is 0 Å². The second kappa shape index (κ2) is 3.27. The third kappa shape index (κ3) is 1.57. The first-order valence-corrected chi connectivity index (χ1v) is 4.32. The minimum Gasteiger partial charge on any atom is -0.122 e. The maximum atomic E-state index is 5.76. The fourth-order valence-corrected chi connectivity index (χ4v) is 1.45. The molecule has 1 aromatic rings. The molecule has 0 saturated carbocycles. The highest BCUT2D eigenvalue weighted by Crippen LogP contribution is 2.18. The number of halogens is 1. The standard InChI is InChI=1S/C10H13Cl/c1-7-4-5-10(6-11)9(3)8(7)2/h4-5H,6H2,1-3H3. The van der Waals surface area contributed by atoms with Crippen LogP contribution in [0.15, 0.2) is 12.1 Å². The Morgan fingerprint density at radius 3 is 2.27 bits per heavy atom. The Balaban J connectivity index is 3.25. The van der Waals surface area contributed by atoms with Crippen LogP contribution in [0, 0.1) is 20.8 Å². The third-order valence-electron chi connectivity index (χ3n) is 2.31. The molecule has 60 valence electrons. The number of hydrogen-bond acceptors (Lipinski definition) is 0. The predicted molar refractivity (Wildman–Crippen MR) is 50.2 cm³/mol. The summed E-state index contributed by atoms with van der Waals surface area (Å²) in [5.41, 5.74) is 5.29. The van der Waals surface area contributed by atoms with Gasteiger partial charge in [0.15, 0.2) is 0 Å². The maximum absolute atomic E-state index is 5.76. The predicted octanol–water partition coefficient (Wildman–Crippen LogP) is 3.35. The first kappa shape index (κ1) is 8.61. The van der Waals surface area contributed by atoms with Gasteiger partial charge in [0, 0.05) is 5.88 Å². The van der Waals surface area contributed by atoms with E-state index in [-0.39, 0.29) is 0 Å². The molecule has 0 saturated heterocycles. The molecule has 0 fully saturated rings. The van der Waals surface area contributed by atoms with Crippen molar-refractivity contribution in [2.75, 3.05) is 0 Å². The van der Waals surface area contributed by atoms with E-state index in [9.17, 15) is 0 Å². The number of aryl methyl sites for hydroxylation is 1. The molecule has 11 heavy (non-hydrogen) atoms. The molecule has 0 bridgehead atoms. The highest BCUT2D eigenvalue weighted by Gasteiger charge is 2.01. The van der Waals surface area contributed by atoms with Gasteiger partial charge in [0.05, 0.1) is 0 Å². The Labute approximate surface area is 73.2 Å². The largest absolute Gasteiger partial charge is 0.122 e. The number of benzene rings is 1. The second-order valence-electron chi connectivity index (χ2n) is 2.93. The molecule has 0 aliphatic carbocycles. The maximum Gasteiger partial charge on any atom is 0.0476 e. The fraction of sp³-hybridized carbons (Fsp3) is 0.400. The van der Waals surface area contributed by atoms with Crippen LogP contribution in [0.3, 0.4) is 0 Å². The van der Waals surface area contributed by atoms with Gasteiger partial charge in [0.2, 0.25) is 0 Å². The van der Waals surface area contributed by atoms with Gasteiger partial charge in [-0.05, 0) is 43.0 Å². The van der Waals surface area contributed by atoms with Crippen LogP contribution in [-0.4, -0.2) is 0 Å². The lowest BCUT2D eigenvalue weighted by molar-refractivity contribution is 1.20. The van der Waals surface area contributed by atoms with E-state index in [1.807, 2.05) is 0 Å². The zero-order valence-corrected chi connectivity index (χ0v) is 8.00. The van der Waals surface area contributed by atoms with Gasteiger partial charge >= 0.3 is 0 Å². The van der Waals surface area contributed by atoms with Gasteiger partial charge in [0.25, 0.3) is 0 Å². The molecule has 0 radical (unpaired) electrons. The quantitative estimate of drug-likeness (QED) is 0.565. The third-order valence-corrected chi connectivity index (χ3v) is 2.60. The van der Waals surface area contributed by atoms with E-state index in [1.165, 1.54) is 22.3 Å². The summed E-state index contributed by atoms with van der Waals surface area (Å²) in [6.07, 6.45) is 0. The summed E-state index contributed by atoms with van der Waals surface area (Å²) in [6, 6.07) is 4.23. The monoisotopic (exact) mass is 168 g/mol. The Bertz CT molecular complexity index is 264. The fourth-order valence-electron chi connectivity index (χ4n) is 1.16. The average molecular weight is 169 g/mol. The van der Waals surface area contributed by atoms with Gasteiger partial charge in [-0.3, -0.25) is 0 Å². The molecule has 0 aromatic heterocycles. The molecule has 1 rings (SSSR count).